The topological polar surface area (TPSA) is 85.4 Å². The largest absolute Gasteiger partial charge is 0.486 e. The van der Waals surface area contributed by atoms with Crippen molar-refractivity contribution in [3.63, 3.8) is 0 Å². The highest BCUT2D eigenvalue weighted by atomic mass is 16.6. The minimum Gasteiger partial charge on any atom is -0.486 e. The zero-order chi connectivity index (χ0) is 22.5. The Balaban J connectivity index is 1.57. The number of nitrogens with zero attached hydrogens (tertiary/aromatic N) is 2. The second-order valence-corrected chi connectivity index (χ2v) is 8.93. The summed E-state index contributed by atoms with van der Waals surface area (Å²) in [5.74, 6) is 0.394. The van der Waals surface area contributed by atoms with Crippen molar-refractivity contribution in [2.75, 3.05) is 44.4 Å². The van der Waals surface area contributed by atoms with Gasteiger partial charge in [0.15, 0.2) is 18.1 Å². The summed E-state index contributed by atoms with van der Waals surface area (Å²) in [6.07, 6.45) is 0.0587. The van der Waals surface area contributed by atoms with Crippen LogP contribution in [0.2, 0.25) is 0 Å². The van der Waals surface area contributed by atoms with E-state index < -0.39 is 11.9 Å². The molecule has 1 fully saturated rings. The van der Waals surface area contributed by atoms with E-state index in [1.54, 1.807) is 28.0 Å². The Hall–Kier alpha value is -2.77. The number of anilines is 1. The molecule has 2 amide bonds. The second-order valence-electron chi connectivity index (χ2n) is 8.93. The summed E-state index contributed by atoms with van der Waals surface area (Å²) in [4.78, 5) is 40.9. The molecule has 0 spiro atoms. The summed E-state index contributed by atoms with van der Waals surface area (Å²) >= 11 is 0. The Morgan fingerprint density at radius 2 is 1.74 bits per heavy atom. The maximum Gasteiger partial charge on any atom is 0.311 e. The third-order valence-electron chi connectivity index (χ3n) is 5.16. The van der Waals surface area contributed by atoms with Crippen molar-refractivity contribution in [2.45, 2.75) is 34.1 Å². The van der Waals surface area contributed by atoms with Gasteiger partial charge in [-0.15, -0.1) is 0 Å². The van der Waals surface area contributed by atoms with E-state index in [2.05, 4.69) is 0 Å². The molecule has 8 nitrogen and oxygen atoms in total. The number of ether oxygens (including phenoxy) is 3. The van der Waals surface area contributed by atoms with Crippen molar-refractivity contribution in [2.24, 2.45) is 17.8 Å². The molecule has 1 atom stereocenters. The molecule has 0 aromatic heterocycles. The molecule has 1 saturated heterocycles. The molecule has 1 aromatic carbocycles. The molecule has 3 rings (SSSR count). The first-order chi connectivity index (χ1) is 14.7. The van der Waals surface area contributed by atoms with Crippen LogP contribution < -0.4 is 14.4 Å². The first kappa shape index (κ1) is 22.9. The lowest BCUT2D eigenvalue weighted by atomic mass is 10.1. The molecule has 0 unspecified atom stereocenters. The van der Waals surface area contributed by atoms with Crippen LogP contribution in [0.1, 0.15) is 34.1 Å². The average molecular weight is 433 g/mol. The summed E-state index contributed by atoms with van der Waals surface area (Å²) in [6.45, 7) is 10.3. The van der Waals surface area contributed by atoms with Gasteiger partial charge in [0, 0.05) is 37.8 Å². The van der Waals surface area contributed by atoms with Gasteiger partial charge in [-0.1, -0.05) is 27.7 Å². The zero-order valence-electron chi connectivity index (χ0n) is 18.8. The standard InChI is InChI=1S/C23H32N2O6/c1-15(2)11-24(12-16(3)4)22(27)14-31-23(28)17-9-21(26)25(13-17)18-5-6-19-20(10-18)30-8-7-29-19/h5-6,10,15-17H,7-9,11-14H2,1-4H3/t17-/m0/s1. The van der Waals surface area contributed by atoms with Crippen LogP contribution >= 0.6 is 0 Å². The smallest absolute Gasteiger partial charge is 0.311 e. The Morgan fingerprint density at radius 1 is 1.10 bits per heavy atom. The van der Waals surface area contributed by atoms with Gasteiger partial charge in [-0.25, -0.2) is 0 Å². The molecule has 2 heterocycles. The highest BCUT2D eigenvalue weighted by molar-refractivity contribution is 6.00. The predicted molar refractivity (Wildman–Crippen MR) is 115 cm³/mol. The molecule has 0 bridgehead atoms. The molecule has 0 N–H and O–H groups in total. The number of rotatable bonds is 8. The van der Waals surface area contributed by atoms with Crippen LogP contribution in [0.4, 0.5) is 5.69 Å². The van der Waals surface area contributed by atoms with Crippen molar-refractivity contribution >= 4 is 23.5 Å². The molecule has 31 heavy (non-hydrogen) atoms. The van der Waals surface area contributed by atoms with Gasteiger partial charge in [0.2, 0.25) is 5.91 Å². The molecule has 0 saturated carbocycles. The van der Waals surface area contributed by atoms with Crippen molar-refractivity contribution in [3.05, 3.63) is 18.2 Å². The predicted octanol–water partition coefficient (Wildman–Crippen LogP) is 2.49. The number of carbonyl (C=O) groups is 3. The van der Waals surface area contributed by atoms with E-state index in [0.29, 0.717) is 55.3 Å². The Kier molecular flexibility index (Phi) is 7.41. The first-order valence-corrected chi connectivity index (χ1v) is 10.9. The molecule has 1 aromatic rings. The second kappa shape index (κ2) is 10.0. The highest BCUT2D eigenvalue weighted by Gasteiger charge is 2.37. The van der Waals surface area contributed by atoms with E-state index in [9.17, 15) is 14.4 Å². The van der Waals surface area contributed by atoms with Gasteiger partial charge in [0.05, 0.1) is 5.92 Å². The number of benzene rings is 1. The number of fused-ring (bicyclic) bond motifs is 1. The molecule has 0 radical (unpaired) electrons. The average Bonchev–Trinajstić information content (AvgIpc) is 3.12. The minimum atomic E-state index is -0.600. The molecular weight excluding hydrogens is 400 g/mol. The van der Waals surface area contributed by atoms with E-state index in [1.807, 2.05) is 27.7 Å². The van der Waals surface area contributed by atoms with Crippen molar-refractivity contribution in [1.82, 2.24) is 4.90 Å². The highest BCUT2D eigenvalue weighted by Crippen LogP contribution is 2.36. The summed E-state index contributed by atoms with van der Waals surface area (Å²) in [5, 5.41) is 0. The summed E-state index contributed by atoms with van der Waals surface area (Å²) < 4.78 is 16.4. The van der Waals surface area contributed by atoms with E-state index in [4.69, 9.17) is 14.2 Å². The van der Waals surface area contributed by atoms with Crippen LogP contribution in [-0.4, -0.2) is 62.1 Å². The summed E-state index contributed by atoms with van der Waals surface area (Å²) in [5.41, 5.74) is 0.653. The number of amides is 2. The fourth-order valence-corrected chi connectivity index (χ4v) is 3.82. The SMILES string of the molecule is CC(C)CN(CC(C)C)C(=O)COC(=O)[C@H]1CC(=O)N(c2ccc3c(c2)OCCO3)C1. The molecule has 170 valence electrons. The van der Waals surface area contributed by atoms with Crippen LogP contribution in [-0.2, 0) is 19.1 Å². The monoisotopic (exact) mass is 432 g/mol. The van der Waals surface area contributed by atoms with Gasteiger partial charge in [0.1, 0.15) is 13.2 Å². The van der Waals surface area contributed by atoms with Crippen LogP contribution in [0.15, 0.2) is 18.2 Å². The Morgan fingerprint density at radius 3 is 2.39 bits per heavy atom. The van der Waals surface area contributed by atoms with Gasteiger partial charge >= 0.3 is 5.97 Å². The third-order valence-corrected chi connectivity index (χ3v) is 5.16. The molecule has 8 heteroatoms. The van der Waals surface area contributed by atoms with E-state index in [0.717, 1.165) is 0 Å². The minimum absolute atomic E-state index is 0.0587. The van der Waals surface area contributed by atoms with Crippen molar-refractivity contribution in [1.29, 1.82) is 0 Å². The molecule has 2 aliphatic rings. The first-order valence-electron chi connectivity index (χ1n) is 10.9. The van der Waals surface area contributed by atoms with Crippen LogP contribution in [0, 0.1) is 17.8 Å². The van der Waals surface area contributed by atoms with Crippen LogP contribution in [0.3, 0.4) is 0 Å². The number of carbonyl (C=O) groups excluding carboxylic acids is 3. The van der Waals surface area contributed by atoms with E-state index >= 15 is 0 Å². The quantitative estimate of drug-likeness (QED) is 0.587. The number of hydrogen-bond donors (Lipinski definition) is 0. The van der Waals surface area contributed by atoms with Crippen molar-refractivity contribution in [3.8, 4) is 11.5 Å². The van der Waals surface area contributed by atoms with Gasteiger partial charge in [-0.05, 0) is 24.0 Å². The van der Waals surface area contributed by atoms with Crippen LogP contribution in [0.25, 0.3) is 0 Å². The fraction of sp³-hybridized carbons (Fsp3) is 0.609. The summed E-state index contributed by atoms with van der Waals surface area (Å²) in [7, 11) is 0. The third kappa shape index (κ3) is 5.89. The van der Waals surface area contributed by atoms with Crippen molar-refractivity contribution < 1.29 is 28.6 Å². The molecule has 2 aliphatic heterocycles. The van der Waals surface area contributed by atoms with Gasteiger partial charge < -0.3 is 24.0 Å². The van der Waals surface area contributed by atoms with E-state index in [1.165, 1.54) is 0 Å². The Bertz CT molecular complexity index is 812. The van der Waals surface area contributed by atoms with Gasteiger partial charge in [-0.2, -0.15) is 0 Å². The maximum atomic E-state index is 12.6. The fourth-order valence-electron chi connectivity index (χ4n) is 3.82. The Labute approximate surface area is 183 Å². The maximum absolute atomic E-state index is 12.6. The van der Waals surface area contributed by atoms with Gasteiger partial charge in [-0.3, -0.25) is 14.4 Å². The number of esters is 1. The lowest BCUT2D eigenvalue weighted by molar-refractivity contribution is -0.155. The lowest BCUT2D eigenvalue weighted by Gasteiger charge is -2.26. The number of hydrogen-bond acceptors (Lipinski definition) is 6. The zero-order valence-corrected chi connectivity index (χ0v) is 18.8. The van der Waals surface area contributed by atoms with Crippen LogP contribution in [0.5, 0.6) is 11.5 Å². The van der Waals surface area contributed by atoms with Gasteiger partial charge in [0.25, 0.3) is 5.91 Å². The lowest BCUT2D eigenvalue weighted by Crippen LogP contribution is -2.40. The summed E-state index contributed by atoms with van der Waals surface area (Å²) in [6, 6.07) is 5.29. The van der Waals surface area contributed by atoms with E-state index in [-0.39, 0.29) is 31.4 Å². The molecule has 0 aliphatic carbocycles. The normalized spacial score (nSPS) is 17.9. The molecular formula is C23H32N2O6.